The van der Waals surface area contributed by atoms with Crippen molar-refractivity contribution < 1.29 is 14.6 Å². The van der Waals surface area contributed by atoms with Gasteiger partial charge in [0.05, 0.1) is 0 Å². The van der Waals surface area contributed by atoms with Crippen LogP contribution in [0, 0.1) is 0 Å². The molecule has 0 saturated heterocycles. The largest absolute Gasteiger partial charge is 0.504 e. The zero-order chi connectivity index (χ0) is 12.8. The zero-order valence-electron chi connectivity index (χ0n) is 9.87. The third-order valence-electron chi connectivity index (χ3n) is 2.55. The molecule has 0 unspecified atom stereocenters. The molecule has 0 aliphatic rings. The maximum Gasteiger partial charge on any atom is 0.311 e. The monoisotopic (exact) mass is 242 g/mol. The van der Waals surface area contributed by atoms with Crippen molar-refractivity contribution in [2.24, 2.45) is 0 Å². The topological polar surface area (TPSA) is 46.5 Å². The Bertz CT molecular complexity index is 520. The maximum absolute atomic E-state index is 11.6. The Morgan fingerprint density at radius 1 is 1.00 bits per heavy atom. The number of rotatable bonds is 4. The SMILES string of the molecule is O=C(CCc1ccccc1)Oc1ccccc1O. The second kappa shape index (κ2) is 5.87. The summed E-state index contributed by atoms with van der Waals surface area (Å²) in [5.74, 6) is -0.165. The van der Waals surface area contributed by atoms with Crippen molar-refractivity contribution in [2.75, 3.05) is 0 Å². The van der Waals surface area contributed by atoms with Crippen LogP contribution in [0.1, 0.15) is 12.0 Å². The molecule has 0 heterocycles. The van der Waals surface area contributed by atoms with Gasteiger partial charge >= 0.3 is 5.97 Å². The number of ether oxygens (including phenoxy) is 1. The van der Waals surface area contributed by atoms with Crippen molar-refractivity contribution in [3.63, 3.8) is 0 Å². The molecule has 92 valence electrons. The number of esters is 1. The first-order valence-corrected chi connectivity index (χ1v) is 5.78. The summed E-state index contributed by atoms with van der Waals surface area (Å²) in [7, 11) is 0. The number of aryl methyl sites for hydroxylation is 1. The van der Waals surface area contributed by atoms with Crippen LogP contribution < -0.4 is 4.74 Å². The minimum Gasteiger partial charge on any atom is -0.504 e. The first kappa shape index (κ1) is 12.2. The van der Waals surface area contributed by atoms with Crippen LogP contribution in [0.25, 0.3) is 0 Å². The van der Waals surface area contributed by atoms with Crippen LogP contribution in [0.2, 0.25) is 0 Å². The van der Waals surface area contributed by atoms with Crippen molar-refractivity contribution in [2.45, 2.75) is 12.8 Å². The molecule has 0 fully saturated rings. The second-order valence-electron chi connectivity index (χ2n) is 3.93. The molecule has 18 heavy (non-hydrogen) atoms. The van der Waals surface area contributed by atoms with Crippen molar-refractivity contribution >= 4 is 5.97 Å². The molecule has 0 atom stereocenters. The highest BCUT2D eigenvalue weighted by Gasteiger charge is 2.08. The van der Waals surface area contributed by atoms with E-state index in [-0.39, 0.29) is 17.5 Å². The minimum atomic E-state index is -0.347. The Morgan fingerprint density at radius 2 is 1.67 bits per heavy atom. The van der Waals surface area contributed by atoms with Crippen molar-refractivity contribution in [1.29, 1.82) is 0 Å². The lowest BCUT2D eigenvalue weighted by atomic mass is 10.1. The number of para-hydroxylation sites is 2. The summed E-state index contributed by atoms with van der Waals surface area (Å²) < 4.78 is 5.08. The summed E-state index contributed by atoms with van der Waals surface area (Å²) in [5.41, 5.74) is 1.09. The zero-order valence-corrected chi connectivity index (χ0v) is 9.87. The maximum atomic E-state index is 11.6. The normalized spacial score (nSPS) is 10.0. The highest BCUT2D eigenvalue weighted by Crippen LogP contribution is 2.24. The molecule has 0 aromatic heterocycles. The van der Waals surface area contributed by atoms with E-state index in [1.54, 1.807) is 18.2 Å². The van der Waals surface area contributed by atoms with Crippen LogP contribution in [-0.2, 0) is 11.2 Å². The van der Waals surface area contributed by atoms with E-state index in [4.69, 9.17) is 4.74 Å². The molecule has 0 aliphatic carbocycles. The van der Waals surface area contributed by atoms with E-state index in [0.29, 0.717) is 12.8 Å². The molecule has 3 heteroatoms. The fourth-order valence-electron chi connectivity index (χ4n) is 1.61. The molecule has 3 nitrogen and oxygen atoms in total. The van der Waals surface area contributed by atoms with Gasteiger partial charge in [0.2, 0.25) is 0 Å². The predicted octanol–water partition coefficient (Wildman–Crippen LogP) is 2.93. The molecule has 2 rings (SSSR count). The first-order chi connectivity index (χ1) is 8.75. The van der Waals surface area contributed by atoms with E-state index in [2.05, 4.69) is 0 Å². The summed E-state index contributed by atoms with van der Waals surface area (Å²) in [6.07, 6.45) is 0.922. The number of phenols is 1. The lowest BCUT2D eigenvalue weighted by Crippen LogP contribution is -2.09. The fraction of sp³-hybridized carbons (Fsp3) is 0.133. The molecule has 1 N–H and O–H groups in total. The van der Waals surface area contributed by atoms with E-state index in [1.807, 2.05) is 30.3 Å². The summed E-state index contributed by atoms with van der Waals surface area (Å²) in [4.78, 5) is 11.6. The Hall–Kier alpha value is -2.29. The van der Waals surface area contributed by atoms with Crippen LogP contribution in [0.4, 0.5) is 0 Å². The third kappa shape index (κ3) is 3.35. The molecule has 0 aliphatic heterocycles. The van der Waals surface area contributed by atoms with Gasteiger partial charge in [0, 0.05) is 6.42 Å². The molecule has 2 aromatic carbocycles. The molecule has 0 amide bonds. The molecule has 0 saturated carbocycles. The van der Waals surface area contributed by atoms with Crippen LogP contribution in [0.15, 0.2) is 54.6 Å². The lowest BCUT2D eigenvalue weighted by Gasteiger charge is -2.05. The number of carbonyl (C=O) groups excluding carboxylic acids is 1. The van der Waals surface area contributed by atoms with Gasteiger partial charge < -0.3 is 9.84 Å². The van der Waals surface area contributed by atoms with Gasteiger partial charge in [0.1, 0.15) is 0 Å². The first-order valence-electron chi connectivity index (χ1n) is 5.78. The Kier molecular flexibility index (Phi) is 3.97. The Balaban J connectivity index is 1.88. The van der Waals surface area contributed by atoms with Gasteiger partial charge in [-0.15, -0.1) is 0 Å². The van der Waals surface area contributed by atoms with Gasteiger partial charge in [-0.05, 0) is 24.1 Å². The third-order valence-corrected chi connectivity index (χ3v) is 2.55. The molecular formula is C15H14O3. The molecule has 0 spiro atoms. The highest BCUT2D eigenvalue weighted by molar-refractivity contribution is 5.73. The van der Waals surface area contributed by atoms with Crippen molar-refractivity contribution in [3.05, 3.63) is 60.2 Å². The summed E-state index contributed by atoms with van der Waals surface area (Å²) >= 11 is 0. The van der Waals surface area contributed by atoms with Crippen molar-refractivity contribution in [1.82, 2.24) is 0 Å². The second-order valence-corrected chi connectivity index (χ2v) is 3.93. The molecule has 0 bridgehead atoms. The smallest absolute Gasteiger partial charge is 0.311 e. The average molecular weight is 242 g/mol. The Labute approximate surface area is 106 Å². The van der Waals surface area contributed by atoms with Crippen LogP contribution in [0.3, 0.4) is 0 Å². The molecular weight excluding hydrogens is 228 g/mol. The number of phenolic OH excluding ortho intramolecular Hbond substituents is 1. The predicted molar refractivity (Wildman–Crippen MR) is 68.5 cm³/mol. The average Bonchev–Trinajstić information content (AvgIpc) is 2.40. The van der Waals surface area contributed by atoms with Gasteiger partial charge in [-0.25, -0.2) is 0 Å². The summed E-state index contributed by atoms with van der Waals surface area (Å²) in [6, 6.07) is 16.2. The number of hydrogen-bond acceptors (Lipinski definition) is 3. The number of aromatic hydroxyl groups is 1. The summed E-state index contributed by atoms with van der Waals surface area (Å²) in [6.45, 7) is 0. The standard InChI is InChI=1S/C15H14O3/c16-13-8-4-5-9-14(13)18-15(17)11-10-12-6-2-1-3-7-12/h1-9,16H,10-11H2. The van der Waals surface area contributed by atoms with Gasteiger partial charge in [-0.3, -0.25) is 4.79 Å². The van der Waals surface area contributed by atoms with Gasteiger partial charge in [-0.1, -0.05) is 42.5 Å². The lowest BCUT2D eigenvalue weighted by molar-refractivity contribution is -0.134. The van der Waals surface area contributed by atoms with Gasteiger partial charge in [0.15, 0.2) is 11.5 Å². The number of hydrogen-bond donors (Lipinski definition) is 1. The van der Waals surface area contributed by atoms with Crippen LogP contribution in [0.5, 0.6) is 11.5 Å². The van der Waals surface area contributed by atoms with E-state index in [0.717, 1.165) is 5.56 Å². The minimum absolute atomic E-state index is 0.0226. The number of carbonyl (C=O) groups is 1. The summed E-state index contributed by atoms with van der Waals surface area (Å²) in [5, 5.41) is 9.47. The molecule has 0 radical (unpaired) electrons. The van der Waals surface area contributed by atoms with Gasteiger partial charge in [0.25, 0.3) is 0 Å². The quantitative estimate of drug-likeness (QED) is 0.662. The van der Waals surface area contributed by atoms with Crippen LogP contribution in [-0.4, -0.2) is 11.1 Å². The van der Waals surface area contributed by atoms with E-state index in [9.17, 15) is 9.90 Å². The van der Waals surface area contributed by atoms with Crippen LogP contribution >= 0.6 is 0 Å². The highest BCUT2D eigenvalue weighted by atomic mass is 16.5. The van der Waals surface area contributed by atoms with Crippen molar-refractivity contribution in [3.8, 4) is 11.5 Å². The van der Waals surface area contributed by atoms with E-state index < -0.39 is 0 Å². The molecule has 2 aromatic rings. The Morgan fingerprint density at radius 3 is 2.39 bits per heavy atom. The van der Waals surface area contributed by atoms with E-state index in [1.165, 1.54) is 6.07 Å². The fourth-order valence-corrected chi connectivity index (χ4v) is 1.61. The van der Waals surface area contributed by atoms with E-state index >= 15 is 0 Å². The van der Waals surface area contributed by atoms with Gasteiger partial charge in [-0.2, -0.15) is 0 Å². The number of benzene rings is 2.